The van der Waals surface area contributed by atoms with E-state index in [9.17, 15) is 14.4 Å². The van der Waals surface area contributed by atoms with Crippen LogP contribution < -0.4 is 15.5 Å². The highest BCUT2D eigenvalue weighted by Gasteiger charge is 2.25. The van der Waals surface area contributed by atoms with Crippen LogP contribution in [0.25, 0.3) is 0 Å². The van der Waals surface area contributed by atoms with Gasteiger partial charge in [0.15, 0.2) is 0 Å². The highest BCUT2D eigenvalue weighted by atomic mass is 35.5. The van der Waals surface area contributed by atoms with Gasteiger partial charge in [0, 0.05) is 37.4 Å². The molecule has 3 heterocycles. The number of pyridine rings is 2. The molecule has 1 aliphatic heterocycles. The zero-order valence-corrected chi connectivity index (χ0v) is 23.9. The van der Waals surface area contributed by atoms with Crippen molar-refractivity contribution >= 4 is 58.3 Å². The number of aromatic nitrogens is 2. The predicted octanol–water partition coefficient (Wildman–Crippen LogP) is 5.74. The molecular formula is C28H30Cl2N6O4. The van der Waals surface area contributed by atoms with E-state index < -0.39 is 17.4 Å². The van der Waals surface area contributed by atoms with Crippen LogP contribution in [0, 0.1) is 0 Å². The molecule has 0 bridgehead atoms. The zero-order valence-electron chi connectivity index (χ0n) is 22.4. The second-order valence-corrected chi connectivity index (χ2v) is 11.0. The van der Waals surface area contributed by atoms with E-state index in [2.05, 4.69) is 25.5 Å². The lowest BCUT2D eigenvalue weighted by atomic mass is 10.1. The summed E-state index contributed by atoms with van der Waals surface area (Å²) in [6, 6.07) is 11.2. The number of nitrogens with one attached hydrogen (secondary N) is 2. The molecule has 3 aromatic rings. The molecule has 0 spiro atoms. The second kappa shape index (κ2) is 12.5. The first kappa shape index (κ1) is 29.1. The molecule has 1 saturated heterocycles. The van der Waals surface area contributed by atoms with E-state index in [1.807, 2.05) is 26.8 Å². The van der Waals surface area contributed by atoms with Crippen LogP contribution in [-0.2, 0) is 4.74 Å². The molecule has 0 aliphatic carbocycles. The standard InChI is InChI=1S/C28H30Cl2N6O4/c1-28(2,3)40-27(39)36-12-4-11-35(13-14-36)20-7-9-23(31-17-20)26(38)33-22-8-5-18(29)15-21(22)25(37)34-24-10-6-19(30)16-32-24/h5-10,15-17H,4,11-14H2,1-3H3,(H,33,38)(H,32,34,37). The number of carbonyl (C=O) groups is 3. The van der Waals surface area contributed by atoms with Crippen molar-refractivity contribution in [2.75, 3.05) is 41.7 Å². The molecule has 210 valence electrons. The summed E-state index contributed by atoms with van der Waals surface area (Å²) in [5, 5.41) is 6.17. The Bertz CT molecular complexity index is 1380. The number of rotatable bonds is 5. The van der Waals surface area contributed by atoms with E-state index in [-0.39, 0.29) is 23.0 Å². The number of benzene rings is 1. The number of ether oxygens (including phenoxy) is 1. The summed E-state index contributed by atoms with van der Waals surface area (Å²) in [5.41, 5.74) is 0.891. The smallest absolute Gasteiger partial charge is 0.410 e. The Labute approximate surface area is 242 Å². The van der Waals surface area contributed by atoms with Gasteiger partial charge in [0.2, 0.25) is 0 Å². The van der Waals surface area contributed by atoms with Crippen molar-refractivity contribution in [1.29, 1.82) is 0 Å². The van der Waals surface area contributed by atoms with Gasteiger partial charge in [0.1, 0.15) is 17.1 Å². The van der Waals surface area contributed by atoms with Crippen LogP contribution in [0.3, 0.4) is 0 Å². The summed E-state index contributed by atoms with van der Waals surface area (Å²) in [5.74, 6) is -0.691. The highest BCUT2D eigenvalue weighted by Crippen LogP contribution is 2.24. The van der Waals surface area contributed by atoms with Gasteiger partial charge in [-0.15, -0.1) is 0 Å². The summed E-state index contributed by atoms with van der Waals surface area (Å²) in [6.07, 6.45) is 3.49. The van der Waals surface area contributed by atoms with Gasteiger partial charge in [-0.25, -0.2) is 14.8 Å². The molecule has 2 aromatic heterocycles. The monoisotopic (exact) mass is 584 g/mol. The van der Waals surface area contributed by atoms with E-state index >= 15 is 0 Å². The highest BCUT2D eigenvalue weighted by molar-refractivity contribution is 6.31. The number of nitrogens with zero attached hydrogens (tertiary/aromatic N) is 4. The fourth-order valence-corrected chi connectivity index (χ4v) is 4.31. The van der Waals surface area contributed by atoms with Crippen LogP contribution >= 0.6 is 23.2 Å². The van der Waals surface area contributed by atoms with Crippen molar-refractivity contribution in [3.63, 3.8) is 0 Å². The summed E-state index contributed by atoms with van der Waals surface area (Å²) < 4.78 is 5.50. The van der Waals surface area contributed by atoms with Crippen molar-refractivity contribution in [2.24, 2.45) is 0 Å². The quantitative estimate of drug-likeness (QED) is 0.393. The van der Waals surface area contributed by atoms with Gasteiger partial charge in [-0.1, -0.05) is 23.2 Å². The lowest BCUT2D eigenvalue weighted by molar-refractivity contribution is 0.0263. The Kier molecular flexibility index (Phi) is 9.11. The Balaban J connectivity index is 1.41. The minimum Gasteiger partial charge on any atom is -0.444 e. The first-order valence-corrected chi connectivity index (χ1v) is 13.5. The number of halogens is 2. The summed E-state index contributed by atoms with van der Waals surface area (Å²) in [7, 11) is 0. The lowest BCUT2D eigenvalue weighted by Crippen LogP contribution is -2.39. The van der Waals surface area contributed by atoms with Crippen molar-refractivity contribution in [3.05, 3.63) is 76.2 Å². The first-order valence-electron chi connectivity index (χ1n) is 12.7. The molecule has 0 unspecified atom stereocenters. The van der Waals surface area contributed by atoms with E-state index in [4.69, 9.17) is 27.9 Å². The Morgan fingerprint density at radius 3 is 2.30 bits per heavy atom. The van der Waals surface area contributed by atoms with Gasteiger partial charge in [0.05, 0.1) is 28.2 Å². The lowest BCUT2D eigenvalue weighted by Gasteiger charge is -2.26. The minimum absolute atomic E-state index is 0.160. The predicted molar refractivity (Wildman–Crippen MR) is 155 cm³/mol. The van der Waals surface area contributed by atoms with E-state index in [0.717, 1.165) is 18.7 Å². The third kappa shape index (κ3) is 7.83. The van der Waals surface area contributed by atoms with Crippen LogP contribution in [0.2, 0.25) is 10.0 Å². The molecule has 2 N–H and O–H groups in total. The average Bonchev–Trinajstić information content (AvgIpc) is 3.17. The van der Waals surface area contributed by atoms with Gasteiger partial charge in [-0.05, 0) is 69.7 Å². The van der Waals surface area contributed by atoms with Crippen LogP contribution in [0.5, 0.6) is 0 Å². The molecule has 0 radical (unpaired) electrons. The van der Waals surface area contributed by atoms with Crippen molar-refractivity contribution < 1.29 is 19.1 Å². The average molecular weight is 585 g/mol. The van der Waals surface area contributed by atoms with E-state index in [1.54, 1.807) is 41.4 Å². The van der Waals surface area contributed by atoms with E-state index in [1.165, 1.54) is 12.3 Å². The fourth-order valence-electron chi connectivity index (χ4n) is 4.03. The largest absolute Gasteiger partial charge is 0.444 e. The summed E-state index contributed by atoms with van der Waals surface area (Å²) >= 11 is 12.0. The molecule has 40 heavy (non-hydrogen) atoms. The number of anilines is 3. The molecular weight excluding hydrogens is 555 g/mol. The Morgan fingerprint density at radius 2 is 1.62 bits per heavy atom. The molecule has 1 fully saturated rings. The molecule has 4 rings (SSSR count). The minimum atomic E-state index is -0.548. The van der Waals surface area contributed by atoms with E-state index in [0.29, 0.717) is 35.5 Å². The molecule has 10 nitrogen and oxygen atoms in total. The third-order valence-electron chi connectivity index (χ3n) is 5.94. The Hall–Kier alpha value is -3.89. The van der Waals surface area contributed by atoms with Crippen molar-refractivity contribution in [3.8, 4) is 0 Å². The summed E-state index contributed by atoms with van der Waals surface area (Å²) in [4.78, 5) is 50.6. The molecule has 12 heteroatoms. The van der Waals surface area contributed by atoms with Crippen molar-refractivity contribution in [2.45, 2.75) is 32.8 Å². The molecule has 1 aliphatic rings. The second-order valence-electron chi connectivity index (χ2n) is 10.2. The SMILES string of the molecule is CC(C)(C)OC(=O)N1CCCN(c2ccc(C(=O)Nc3ccc(Cl)cc3C(=O)Nc3ccc(Cl)cn3)nc2)CC1. The van der Waals surface area contributed by atoms with Crippen LogP contribution in [0.15, 0.2) is 54.9 Å². The maximum absolute atomic E-state index is 13.0. The normalized spacial score (nSPS) is 13.8. The Morgan fingerprint density at radius 1 is 0.850 bits per heavy atom. The van der Waals surface area contributed by atoms with Crippen LogP contribution in [0.1, 0.15) is 48.0 Å². The van der Waals surface area contributed by atoms with Gasteiger partial charge < -0.3 is 25.2 Å². The zero-order chi connectivity index (χ0) is 28.9. The molecule has 1 aromatic carbocycles. The molecule has 3 amide bonds. The third-order valence-corrected chi connectivity index (χ3v) is 6.40. The number of amides is 3. The maximum atomic E-state index is 13.0. The first-order chi connectivity index (χ1) is 19.0. The number of carbonyl (C=O) groups excluding carboxylic acids is 3. The van der Waals surface area contributed by atoms with Gasteiger partial charge in [-0.2, -0.15) is 0 Å². The van der Waals surface area contributed by atoms with Gasteiger partial charge in [-0.3, -0.25) is 9.59 Å². The molecule has 0 atom stereocenters. The van der Waals surface area contributed by atoms with Gasteiger partial charge >= 0.3 is 6.09 Å². The molecule has 0 saturated carbocycles. The van der Waals surface area contributed by atoms with Crippen LogP contribution in [-0.4, -0.2) is 64.6 Å². The maximum Gasteiger partial charge on any atom is 0.410 e. The van der Waals surface area contributed by atoms with Crippen LogP contribution in [0.4, 0.5) is 22.0 Å². The summed E-state index contributed by atoms with van der Waals surface area (Å²) in [6.45, 7) is 8.00. The fraction of sp³-hybridized carbons (Fsp3) is 0.321. The van der Waals surface area contributed by atoms with Crippen molar-refractivity contribution in [1.82, 2.24) is 14.9 Å². The van der Waals surface area contributed by atoms with Gasteiger partial charge in [0.25, 0.3) is 11.8 Å². The number of hydrogen-bond acceptors (Lipinski definition) is 7. The topological polar surface area (TPSA) is 117 Å². The number of hydrogen-bond donors (Lipinski definition) is 2.